The van der Waals surface area contributed by atoms with Crippen LogP contribution in [0.25, 0.3) is 0 Å². The molecule has 2 aromatic rings. The summed E-state index contributed by atoms with van der Waals surface area (Å²) in [6, 6.07) is 19.3. The molecule has 0 unspecified atom stereocenters. The van der Waals surface area contributed by atoms with Crippen molar-refractivity contribution in [3.8, 4) is 5.75 Å². The van der Waals surface area contributed by atoms with Gasteiger partial charge in [0, 0.05) is 19.5 Å². The van der Waals surface area contributed by atoms with E-state index < -0.39 is 0 Å². The van der Waals surface area contributed by atoms with E-state index in [1.54, 1.807) is 0 Å². The lowest BCUT2D eigenvalue weighted by Gasteiger charge is -2.08. The highest BCUT2D eigenvalue weighted by molar-refractivity contribution is 5.77. The number of nitrogens with one attached hydrogen (secondary N) is 2. The van der Waals surface area contributed by atoms with Crippen molar-refractivity contribution >= 4 is 11.8 Å². The van der Waals surface area contributed by atoms with Gasteiger partial charge in [-0.1, -0.05) is 48.5 Å². The molecule has 132 valence electrons. The van der Waals surface area contributed by atoms with E-state index in [4.69, 9.17) is 4.74 Å². The summed E-state index contributed by atoms with van der Waals surface area (Å²) in [5.41, 5.74) is 1.14. The van der Waals surface area contributed by atoms with Crippen LogP contribution in [0.5, 0.6) is 5.75 Å². The second-order valence-corrected chi connectivity index (χ2v) is 5.60. The van der Waals surface area contributed by atoms with Gasteiger partial charge >= 0.3 is 0 Å². The lowest BCUT2D eigenvalue weighted by Crippen LogP contribution is -2.35. The number of carbonyl (C=O) groups excluding carboxylic acids is 2. The fraction of sp³-hybridized carbons (Fsp3) is 0.300. The summed E-state index contributed by atoms with van der Waals surface area (Å²) in [4.78, 5) is 23.4. The van der Waals surface area contributed by atoms with Gasteiger partial charge in [-0.25, -0.2) is 0 Å². The van der Waals surface area contributed by atoms with Crippen molar-refractivity contribution in [2.24, 2.45) is 0 Å². The molecule has 2 rings (SSSR count). The molecule has 5 nitrogen and oxygen atoms in total. The van der Waals surface area contributed by atoms with Gasteiger partial charge in [-0.15, -0.1) is 0 Å². The lowest BCUT2D eigenvalue weighted by molar-refractivity contribution is -0.123. The predicted octanol–water partition coefficient (Wildman–Crippen LogP) is 2.32. The highest BCUT2D eigenvalue weighted by atomic mass is 16.5. The van der Waals surface area contributed by atoms with Gasteiger partial charge < -0.3 is 15.4 Å². The minimum atomic E-state index is -0.0885. The number of para-hydroxylation sites is 1. The standard InChI is InChI=1S/C20H24N2O3/c23-19(12-11-17-7-3-1-4-8-17)21-14-15-22-20(24)13-16-25-18-9-5-2-6-10-18/h1-10H,11-16H2,(H,21,23)(H,22,24). The van der Waals surface area contributed by atoms with Crippen molar-refractivity contribution in [1.82, 2.24) is 10.6 Å². The number of hydrogen-bond acceptors (Lipinski definition) is 3. The van der Waals surface area contributed by atoms with Gasteiger partial charge in [0.05, 0.1) is 13.0 Å². The molecule has 2 aromatic carbocycles. The van der Waals surface area contributed by atoms with E-state index in [1.165, 1.54) is 0 Å². The average Bonchev–Trinajstić information content (AvgIpc) is 2.65. The smallest absolute Gasteiger partial charge is 0.223 e. The second-order valence-electron chi connectivity index (χ2n) is 5.60. The molecule has 0 radical (unpaired) electrons. The van der Waals surface area contributed by atoms with Crippen LogP contribution >= 0.6 is 0 Å². The maximum atomic E-state index is 11.7. The van der Waals surface area contributed by atoms with E-state index in [-0.39, 0.29) is 18.2 Å². The molecule has 0 heterocycles. The summed E-state index contributed by atoms with van der Waals surface area (Å²) >= 11 is 0. The van der Waals surface area contributed by atoms with Crippen LogP contribution in [0.1, 0.15) is 18.4 Å². The number of rotatable bonds is 10. The Morgan fingerprint density at radius 1 is 0.760 bits per heavy atom. The molecule has 0 saturated carbocycles. The number of aryl methyl sites for hydroxylation is 1. The minimum Gasteiger partial charge on any atom is -0.493 e. The zero-order chi connectivity index (χ0) is 17.7. The van der Waals surface area contributed by atoms with Crippen molar-refractivity contribution in [3.05, 3.63) is 66.2 Å². The first kappa shape index (κ1) is 18.5. The fourth-order valence-electron chi connectivity index (χ4n) is 2.26. The van der Waals surface area contributed by atoms with Crippen LogP contribution in [0.3, 0.4) is 0 Å². The molecule has 0 aliphatic carbocycles. The Balaban J connectivity index is 1.49. The van der Waals surface area contributed by atoms with E-state index in [1.807, 2.05) is 60.7 Å². The Labute approximate surface area is 148 Å². The van der Waals surface area contributed by atoms with Gasteiger partial charge in [-0.2, -0.15) is 0 Å². The summed E-state index contributed by atoms with van der Waals surface area (Å²) in [6.07, 6.45) is 1.45. The molecular formula is C20H24N2O3. The molecule has 0 aliphatic heterocycles. The van der Waals surface area contributed by atoms with Crippen molar-refractivity contribution < 1.29 is 14.3 Å². The van der Waals surface area contributed by atoms with Gasteiger partial charge in [0.1, 0.15) is 5.75 Å². The molecule has 2 N–H and O–H groups in total. The molecular weight excluding hydrogens is 316 g/mol. The van der Waals surface area contributed by atoms with Crippen LogP contribution < -0.4 is 15.4 Å². The Kier molecular flexibility index (Phi) is 8.05. The van der Waals surface area contributed by atoms with Crippen LogP contribution in [0.2, 0.25) is 0 Å². The summed E-state index contributed by atoms with van der Waals surface area (Å²) < 4.78 is 5.46. The van der Waals surface area contributed by atoms with E-state index in [9.17, 15) is 9.59 Å². The zero-order valence-corrected chi connectivity index (χ0v) is 14.2. The molecule has 0 aliphatic rings. The highest BCUT2D eigenvalue weighted by Crippen LogP contribution is 2.08. The third-order valence-corrected chi connectivity index (χ3v) is 3.59. The van der Waals surface area contributed by atoms with Gasteiger partial charge in [-0.05, 0) is 24.1 Å². The summed E-state index contributed by atoms with van der Waals surface area (Å²) in [5, 5.41) is 5.57. The highest BCUT2D eigenvalue weighted by Gasteiger charge is 2.04. The van der Waals surface area contributed by atoms with E-state index >= 15 is 0 Å². The SMILES string of the molecule is O=C(CCOc1ccccc1)NCCNC(=O)CCc1ccccc1. The summed E-state index contributed by atoms with van der Waals surface area (Å²) in [5.74, 6) is 0.654. The van der Waals surface area contributed by atoms with Gasteiger partial charge in [0.15, 0.2) is 0 Å². The van der Waals surface area contributed by atoms with Crippen LogP contribution in [0.15, 0.2) is 60.7 Å². The molecule has 5 heteroatoms. The van der Waals surface area contributed by atoms with E-state index in [0.717, 1.165) is 17.7 Å². The lowest BCUT2D eigenvalue weighted by atomic mass is 10.1. The quantitative estimate of drug-likeness (QED) is 0.652. The van der Waals surface area contributed by atoms with Crippen molar-refractivity contribution in [3.63, 3.8) is 0 Å². The monoisotopic (exact) mass is 340 g/mol. The molecule has 0 aromatic heterocycles. The molecule has 2 amide bonds. The Hall–Kier alpha value is -2.82. The Bertz CT molecular complexity index is 645. The number of hydrogen-bond donors (Lipinski definition) is 2. The largest absolute Gasteiger partial charge is 0.493 e. The predicted molar refractivity (Wildman–Crippen MR) is 97.3 cm³/mol. The maximum Gasteiger partial charge on any atom is 0.223 e. The van der Waals surface area contributed by atoms with E-state index in [2.05, 4.69) is 10.6 Å². The number of ether oxygens (including phenoxy) is 1. The van der Waals surface area contributed by atoms with Crippen LogP contribution in [-0.2, 0) is 16.0 Å². The van der Waals surface area contributed by atoms with Gasteiger partial charge in [0.2, 0.25) is 11.8 Å². The molecule has 0 fully saturated rings. The topological polar surface area (TPSA) is 67.4 Å². The van der Waals surface area contributed by atoms with Gasteiger partial charge in [0.25, 0.3) is 0 Å². The first-order chi connectivity index (χ1) is 12.2. The number of amides is 2. The third-order valence-electron chi connectivity index (χ3n) is 3.59. The maximum absolute atomic E-state index is 11.7. The van der Waals surface area contributed by atoms with Crippen LogP contribution in [0, 0.1) is 0 Å². The Morgan fingerprint density at radius 3 is 1.96 bits per heavy atom. The molecule has 0 atom stereocenters. The second kappa shape index (κ2) is 10.9. The first-order valence-corrected chi connectivity index (χ1v) is 8.49. The van der Waals surface area contributed by atoms with Crippen molar-refractivity contribution in [2.45, 2.75) is 19.3 Å². The fourth-order valence-corrected chi connectivity index (χ4v) is 2.26. The third kappa shape index (κ3) is 8.01. The molecule has 0 saturated heterocycles. The molecule has 25 heavy (non-hydrogen) atoms. The van der Waals surface area contributed by atoms with Crippen molar-refractivity contribution in [2.75, 3.05) is 19.7 Å². The minimum absolute atomic E-state index is 0.00878. The first-order valence-electron chi connectivity index (χ1n) is 8.49. The Morgan fingerprint density at radius 2 is 1.32 bits per heavy atom. The van der Waals surface area contributed by atoms with E-state index in [0.29, 0.717) is 26.1 Å². The average molecular weight is 340 g/mol. The van der Waals surface area contributed by atoms with Crippen LogP contribution in [0.4, 0.5) is 0 Å². The molecule has 0 spiro atoms. The summed E-state index contributed by atoms with van der Waals surface area (Å²) in [7, 11) is 0. The van der Waals surface area contributed by atoms with Gasteiger partial charge in [-0.3, -0.25) is 9.59 Å². The summed E-state index contributed by atoms with van der Waals surface area (Å²) in [6.45, 7) is 1.18. The molecule has 0 bridgehead atoms. The zero-order valence-electron chi connectivity index (χ0n) is 14.2. The van der Waals surface area contributed by atoms with Crippen molar-refractivity contribution in [1.29, 1.82) is 0 Å². The number of carbonyl (C=O) groups is 2. The van der Waals surface area contributed by atoms with Crippen LogP contribution in [-0.4, -0.2) is 31.5 Å². The normalized spacial score (nSPS) is 10.1. The number of benzene rings is 2.